The Labute approximate surface area is 185 Å². The number of aromatic nitrogens is 2. The molecule has 0 fully saturated rings. The van der Waals surface area contributed by atoms with Gasteiger partial charge in [0.2, 0.25) is 0 Å². The first-order chi connectivity index (χ1) is 15.1. The normalized spacial score (nSPS) is 12.8. The molecule has 1 heterocycles. The number of hydrogen-bond acceptors (Lipinski definition) is 4. The first-order valence-electron chi connectivity index (χ1n) is 11.1. The van der Waals surface area contributed by atoms with Gasteiger partial charge >= 0.3 is 0 Å². The van der Waals surface area contributed by atoms with Crippen LogP contribution in [0.25, 0.3) is 0 Å². The molecule has 5 nitrogen and oxygen atoms in total. The summed E-state index contributed by atoms with van der Waals surface area (Å²) in [6.07, 6.45) is 7.92. The predicted molar refractivity (Wildman–Crippen MR) is 127 cm³/mol. The number of aryl methyl sites for hydroxylation is 1. The molecule has 5 heteroatoms. The second kappa shape index (κ2) is 11.3. The van der Waals surface area contributed by atoms with Crippen LogP contribution in [0.2, 0.25) is 0 Å². The van der Waals surface area contributed by atoms with Gasteiger partial charge in [0.25, 0.3) is 0 Å². The zero-order chi connectivity index (χ0) is 22.1. The SMILES string of the molecule is CCCCC(CNc1cccc(C)c1C)N[C@@H](Cc1ccc(C#N)cc1)c1cnc[nH]1. The second-order valence-electron chi connectivity index (χ2n) is 8.21. The van der Waals surface area contributed by atoms with Crippen molar-refractivity contribution in [3.8, 4) is 6.07 Å². The van der Waals surface area contributed by atoms with Gasteiger partial charge in [0.1, 0.15) is 0 Å². The van der Waals surface area contributed by atoms with Crippen molar-refractivity contribution in [3.05, 3.63) is 82.9 Å². The van der Waals surface area contributed by atoms with E-state index < -0.39 is 0 Å². The highest BCUT2D eigenvalue weighted by Crippen LogP contribution is 2.21. The molecule has 3 aromatic rings. The minimum Gasteiger partial charge on any atom is -0.383 e. The van der Waals surface area contributed by atoms with Gasteiger partial charge in [0, 0.05) is 24.5 Å². The van der Waals surface area contributed by atoms with E-state index in [0.29, 0.717) is 11.6 Å². The van der Waals surface area contributed by atoms with Crippen LogP contribution in [-0.2, 0) is 6.42 Å². The predicted octanol–water partition coefficient (Wildman–Crippen LogP) is 5.44. The minimum atomic E-state index is 0.123. The van der Waals surface area contributed by atoms with Crippen LogP contribution in [0.4, 0.5) is 5.69 Å². The topological polar surface area (TPSA) is 76.5 Å². The van der Waals surface area contributed by atoms with Crippen LogP contribution in [0.1, 0.15) is 60.2 Å². The smallest absolute Gasteiger partial charge is 0.0991 e. The quantitative estimate of drug-likeness (QED) is 0.390. The molecule has 0 aliphatic heterocycles. The average Bonchev–Trinajstić information content (AvgIpc) is 3.33. The highest BCUT2D eigenvalue weighted by Gasteiger charge is 2.19. The van der Waals surface area contributed by atoms with E-state index in [-0.39, 0.29) is 6.04 Å². The second-order valence-corrected chi connectivity index (χ2v) is 8.21. The molecule has 31 heavy (non-hydrogen) atoms. The molecular formula is C26H33N5. The number of H-pyrrole nitrogens is 1. The number of aromatic amines is 1. The fraction of sp³-hybridized carbons (Fsp3) is 0.385. The molecule has 162 valence electrons. The third-order valence-electron chi connectivity index (χ3n) is 5.90. The summed E-state index contributed by atoms with van der Waals surface area (Å²) in [5.74, 6) is 0. The Balaban J connectivity index is 1.74. The molecule has 2 atom stereocenters. The molecule has 0 aliphatic rings. The van der Waals surface area contributed by atoms with Crippen molar-refractivity contribution in [2.24, 2.45) is 0 Å². The zero-order valence-corrected chi connectivity index (χ0v) is 18.8. The van der Waals surface area contributed by atoms with Crippen molar-refractivity contribution in [3.63, 3.8) is 0 Å². The standard InChI is InChI=1S/C26H33N5/c1-4-5-8-23(16-29-24-9-6-7-19(2)20(24)3)31-25(26-17-28-18-30-26)14-21-10-12-22(15-27)13-11-21/h6-7,9-13,17-18,23,25,29,31H,4-5,8,14,16H2,1-3H3,(H,28,30)/t23?,25-/m0/s1. The van der Waals surface area contributed by atoms with Gasteiger partial charge in [-0.05, 0) is 61.6 Å². The van der Waals surface area contributed by atoms with Crippen molar-refractivity contribution in [2.75, 3.05) is 11.9 Å². The summed E-state index contributed by atoms with van der Waals surface area (Å²) in [7, 11) is 0. The third-order valence-corrected chi connectivity index (χ3v) is 5.90. The number of benzene rings is 2. The van der Waals surface area contributed by atoms with E-state index in [1.165, 1.54) is 35.2 Å². The lowest BCUT2D eigenvalue weighted by Gasteiger charge is -2.26. The fourth-order valence-electron chi connectivity index (χ4n) is 3.82. The van der Waals surface area contributed by atoms with Crippen molar-refractivity contribution in [1.82, 2.24) is 15.3 Å². The van der Waals surface area contributed by atoms with Gasteiger partial charge in [-0.1, -0.05) is 44.0 Å². The molecule has 0 bridgehead atoms. The van der Waals surface area contributed by atoms with Crippen LogP contribution in [-0.4, -0.2) is 22.6 Å². The van der Waals surface area contributed by atoms with E-state index in [9.17, 15) is 0 Å². The Kier molecular flexibility index (Phi) is 8.26. The molecule has 1 unspecified atom stereocenters. The number of unbranched alkanes of at least 4 members (excludes halogenated alkanes) is 1. The molecule has 0 spiro atoms. The van der Waals surface area contributed by atoms with E-state index in [4.69, 9.17) is 5.26 Å². The van der Waals surface area contributed by atoms with Gasteiger partial charge in [-0.25, -0.2) is 4.98 Å². The molecule has 0 amide bonds. The lowest BCUT2D eigenvalue weighted by molar-refractivity contribution is 0.409. The highest BCUT2D eigenvalue weighted by molar-refractivity contribution is 5.53. The molecule has 0 aliphatic carbocycles. The van der Waals surface area contributed by atoms with Crippen LogP contribution in [0, 0.1) is 25.2 Å². The van der Waals surface area contributed by atoms with Gasteiger partial charge in [-0.2, -0.15) is 5.26 Å². The van der Waals surface area contributed by atoms with Crippen LogP contribution < -0.4 is 10.6 Å². The number of imidazole rings is 1. The molecular weight excluding hydrogens is 382 g/mol. The summed E-state index contributed by atoms with van der Waals surface area (Å²) in [6.45, 7) is 7.42. The molecule has 3 rings (SSSR count). The van der Waals surface area contributed by atoms with Gasteiger partial charge < -0.3 is 15.6 Å². The largest absolute Gasteiger partial charge is 0.383 e. The summed E-state index contributed by atoms with van der Waals surface area (Å²) in [5.41, 5.74) is 6.78. The Morgan fingerprint density at radius 2 is 1.94 bits per heavy atom. The van der Waals surface area contributed by atoms with Crippen LogP contribution in [0.3, 0.4) is 0 Å². The first-order valence-corrected chi connectivity index (χ1v) is 11.1. The molecule has 0 saturated heterocycles. The van der Waals surface area contributed by atoms with Crippen molar-refractivity contribution < 1.29 is 0 Å². The maximum absolute atomic E-state index is 9.07. The lowest BCUT2D eigenvalue weighted by Crippen LogP contribution is -2.39. The highest BCUT2D eigenvalue weighted by atomic mass is 15.0. The van der Waals surface area contributed by atoms with Crippen molar-refractivity contribution in [2.45, 2.75) is 58.5 Å². The number of nitrogens with one attached hydrogen (secondary N) is 3. The van der Waals surface area contributed by atoms with Crippen molar-refractivity contribution in [1.29, 1.82) is 5.26 Å². The maximum atomic E-state index is 9.07. The number of nitrogens with zero attached hydrogens (tertiary/aromatic N) is 2. The van der Waals surface area contributed by atoms with E-state index in [2.05, 4.69) is 65.6 Å². The van der Waals surface area contributed by atoms with E-state index in [0.717, 1.165) is 25.1 Å². The Bertz CT molecular complexity index is 970. The van der Waals surface area contributed by atoms with Gasteiger partial charge in [-0.3, -0.25) is 0 Å². The number of rotatable bonds is 11. The number of nitriles is 1. The van der Waals surface area contributed by atoms with Gasteiger partial charge in [0.15, 0.2) is 0 Å². The Morgan fingerprint density at radius 1 is 1.13 bits per heavy atom. The fourth-order valence-corrected chi connectivity index (χ4v) is 3.82. The minimum absolute atomic E-state index is 0.123. The Hall–Kier alpha value is -3.10. The molecule has 0 saturated carbocycles. The monoisotopic (exact) mass is 415 g/mol. The molecule has 0 radical (unpaired) electrons. The summed E-state index contributed by atoms with van der Waals surface area (Å²) in [6, 6.07) is 16.9. The van der Waals surface area contributed by atoms with Gasteiger partial charge in [0.05, 0.1) is 29.7 Å². The van der Waals surface area contributed by atoms with Crippen LogP contribution >= 0.6 is 0 Å². The summed E-state index contributed by atoms with van der Waals surface area (Å²) < 4.78 is 0. The lowest BCUT2D eigenvalue weighted by atomic mass is 10.00. The zero-order valence-electron chi connectivity index (χ0n) is 18.8. The van der Waals surface area contributed by atoms with Crippen LogP contribution in [0.15, 0.2) is 55.0 Å². The first kappa shape index (κ1) is 22.6. The van der Waals surface area contributed by atoms with E-state index in [1.54, 1.807) is 6.33 Å². The third kappa shape index (κ3) is 6.44. The molecule has 1 aromatic heterocycles. The summed E-state index contributed by atoms with van der Waals surface area (Å²) in [5, 5.41) is 16.6. The maximum Gasteiger partial charge on any atom is 0.0991 e. The Morgan fingerprint density at radius 3 is 2.61 bits per heavy atom. The summed E-state index contributed by atoms with van der Waals surface area (Å²) >= 11 is 0. The van der Waals surface area contributed by atoms with E-state index >= 15 is 0 Å². The molecule has 3 N–H and O–H groups in total. The van der Waals surface area contributed by atoms with Crippen molar-refractivity contribution >= 4 is 5.69 Å². The van der Waals surface area contributed by atoms with Gasteiger partial charge in [-0.15, -0.1) is 0 Å². The van der Waals surface area contributed by atoms with Crippen LogP contribution in [0.5, 0.6) is 0 Å². The van der Waals surface area contributed by atoms with E-state index in [1.807, 2.05) is 30.5 Å². The summed E-state index contributed by atoms with van der Waals surface area (Å²) in [4.78, 5) is 7.53. The number of anilines is 1. The molecule has 2 aromatic carbocycles. The number of hydrogen-bond donors (Lipinski definition) is 3. The average molecular weight is 416 g/mol.